The Bertz CT molecular complexity index is 284. The van der Waals surface area contributed by atoms with Crippen molar-refractivity contribution >= 4 is 15.9 Å². The van der Waals surface area contributed by atoms with Crippen molar-refractivity contribution in [2.75, 3.05) is 6.61 Å². The van der Waals surface area contributed by atoms with Crippen molar-refractivity contribution in [1.82, 2.24) is 4.98 Å². The number of pyridine rings is 1. The van der Waals surface area contributed by atoms with Gasteiger partial charge in [-0.1, -0.05) is 15.9 Å². The maximum atomic E-state index is 5.67. The summed E-state index contributed by atoms with van der Waals surface area (Å²) in [5.74, 6) is 0. The first-order valence-corrected chi connectivity index (χ1v) is 5.38. The molecule has 70 valence electrons. The molecule has 0 amide bonds. The van der Waals surface area contributed by atoms with E-state index in [0.717, 1.165) is 17.5 Å². The van der Waals surface area contributed by atoms with Crippen LogP contribution >= 0.6 is 15.9 Å². The highest BCUT2D eigenvalue weighted by Gasteiger charge is 2.17. The van der Waals surface area contributed by atoms with Crippen LogP contribution in [0, 0.1) is 0 Å². The van der Waals surface area contributed by atoms with Crippen LogP contribution in [0.15, 0.2) is 22.9 Å². The minimum atomic E-state index is 0.247. The molecule has 3 heteroatoms. The largest absolute Gasteiger partial charge is 0.373 e. The number of hydrogen-bond donors (Lipinski definition) is 0. The Hall–Kier alpha value is -0.410. The van der Waals surface area contributed by atoms with Gasteiger partial charge in [0.05, 0.1) is 6.10 Å². The molecule has 1 atom stereocenters. The molecule has 1 aliphatic rings. The summed E-state index contributed by atoms with van der Waals surface area (Å²) < 4.78 is 6.78. The molecule has 2 heterocycles. The van der Waals surface area contributed by atoms with E-state index in [4.69, 9.17) is 4.74 Å². The smallest absolute Gasteiger partial charge is 0.0850 e. The van der Waals surface area contributed by atoms with Crippen LogP contribution < -0.4 is 0 Å². The van der Waals surface area contributed by atoms with Crippen molar-refractivity contribution in [3.05, 3.63) is 28.5 Å². The lowest BCUT2D eigenvalue weighted by atomic mass is 10.0. The Morgan fingerprint density at radius 3 is 3.08 bits per heavy atom. The third-order valence-corrected chi connectivity index (χ3v) is 3.05. The standard InChI is InChI=1S/C10H12BrNO/c11-9-4-5-12-7-8(9)10-3-1-2-6-13-10/h4-5,7,10H,1-3,6H2. The molecule has 1 aromatic rings. The van der Waals surface area contributed by atoms with E-state index in [9.17, 15) is 0 Å². The fraction of sp³-hybridized carbons (Fsp3) is 0.500. The van der Waals surface area contributed by atoms with Crippen LogP contribution in [-0.2, 0) is 4.74 Å². The van der Waals surface area contributed by atoms with Crippen molar-refractivity contribution in [2.45, 2.75) is 25.4 Å². The second kappa shape index (κ2) is 4.20. The molecule has 1 unspecified atom stereocenters. The lowest BCUT2D eigenvalue weighted by Gasteiger charge is -2.23. The molecule has 1 fully saturated rings. The first kappa shape index (κ1) is 9.16. The summed E-state index contributed by atoms with van der Waals surface area (Å²) in [5.41, 5.74) is 1.18. The second-order valence-electron chi connectivity index (χ2n) is 3.25. The number of aromatic nitrogens is 1. The van der Waals surface area contributed by atoms with Gasteiger partial charge in [-0.05, 0) is 25.3 Å². The summed E-state index contributed by atoms with van der Waals surface area (Å²) in [4.78, 5) is 4.11. The number of nitrogens with zero attached hydrogens (tertiary/aromatic N) is 1. The fourth-order valence-corrected chi connectivity index (χ4v) is 2.09. The van der Waals surface area contributed by atoms with E-state index in [1.165, 1.54) is 18.4 Å². The topological polar surface area (TPSA) is 22.1 Å². The maximum absolute atomic E-state index is 5.67. The SMILES string of the molecule is Brc1ccncc1C1CCCCO1. The first-order chi connectivity index (χ1) is 6.38. The van der Waals surface area contributed by atoms with Crippen molar-refractivity contribution < 1.29 is 4.74 Å². The van der Waals surface area contributed by atoms with E-state index in [0.29, 0.717) is 0 Å². The van der Waals surface area contributed by atoms with Gasteiger partial charge in [0.1, 0.15) is 0 Å². The van der Waals surface area contributed by atoms with Crippen LogP contribution in [0.1, 0.15) is 30.9 Å². The highest BCUT2D eigenvalue weighted by molar-refractivity contribution is 9.10. The highest BCUT2D eigenvalue weighted by Crippen LogP contribution is 2.31. The van der Waals surface area contributed by atoms with E-state index in [2.05, 4.69) is 20.9 Å². The van der Waals surface area contributed by atoms with Crippen LogP contribution in [0.3, 0.4) is 0 Å². The van der Waals surface area contributed by atoms with Gasteiger partial charge < -0.3 is 4.74 Å². The highest BCUT2D eigenvalue weighted by atomic mass is 79.9. The summed E-state index contributed by atoms with van der Waals surface area (Å²) in [6.45, 7) is 0.881. The first-order valence-electron chi connectivity index (χ1n) is 4.59. The number of rotatable bonds is 1. The van der Waals surface area contributed by atoms with Crippen LogP contribution in [0.2, 0.25) is 0 Å². The Morgan fingerprint density at radius 2 is 2.38 bits per heavy atom. The average Bonchev–Trinajstić information content (AvgIpc) is 2.20. The molecule has 0 radical (unpaired) electrons. The summed E-state index contributed by atoms with van der Waals surface area (Å²) in [6, 6.07) is 1.97. The van der Waals surface area contributed by atoms with Gasteiger partial charge >= 0.3 is 0 Å². The monoisotopic (exact) mass is 241 g/mol. The molecule has 0 bridgehead atoms. The molecule has 0 saturated carbocycles. The lowest BCUT2D eigenvalue weighted by Crippen LogP contribution is -2.12. The lowest BCUT2D eigenvalue weighted by molar-refractivity contribution is 0.0143. The predicted octanol–water partition coefficient (Wildman–Crippen LogP) is 3.09. The minimum absolute atomic E-state index is 0.247. The molecule has 2 nitrogen and oxygen atoms in total. The van der Waals surface area contributed by atoms with Gasteiger partial charge in [0.25, 0.3) is 0 Å². The number of hydrogen-bond acceptors (Lipinski definition) is 2. The zero-order valence-electron chi connectivity index (χ0n) is 7.37. The maximum Gasteiger partial charge on any atom is 0.0850 e. The summed E-state index contributed by atoms with van der Waals surface area (Å²) in [6.07, 6.45) is 7.48. The minimum Gasteiger partial charge on any atom is -0.373 e. The normalized spacial score (nSPS) is 23.0. The molecule has 1 saturated heterocycles. The molecular weight excluding hydrogens is 230 g/mol. The quantitative estimate of drug-likeness (QED) is 0.754. The molecular formula is C10H12BrNO. The molecule has 0 N–H and O–H groups in total. The van der Waals surface area contributed by atoms with Crippen LogP contribution in [0.4, 0.5) is 0 Å². The van der Waals surface area contributed by atoms with Crippen molar-refractivity contribution in [3.63, 3.8) is 0 Å². The summed E-state index contributed by atoms with van der Waals surface area (Å²) >= 11 is 3.51. The number of halogens is 1. The van der Waals surface area contributed by atoms with Crippen LogP contribution in [0.25, 0.3) is 0 Å². The van der Waals surface area contributed by atoms with E-state index < -0.39 is 0 Å². The van der Waals surface area contributed by atoms with Crippen molar-refractivity contribution in [3.8, 4) is 0 Å². The third kappa shape index (κ3) is 2.09. The van der Waals surface area contributed by atoms with E-state index in [1.807, 2.05) is 12.3 Å². The average molecular weight is 242 g/mol. The summed E-state index contributed by atoms with van der Waals surface area (Å²) in [5, 5.41) is 0. The Kier molecular flexibility index (Phi) is 2.96. The summed E-state index contributed by atoms with van der Waals surface area (Å²) in [7, 11) is 0. The molecule has 1 aliphatic heterocycles. The van der Waals surface area contributed by atoms with Gasteiger partial charge in [0.15, 0.2) is 0 Å². The van der Waals surface area contributed by atoms with Gasteiger partial charge in [-0.3, -0.25) is 4.98 Å². The van der Waals surface area contributed by atoms with E-state index >= 15 is 0 Å². The van der Waals surface area contributed by atoms with Gasteiger partial charge in [-0.15, -0.1) is 0 Å². The predicted molar refractivity (Wildman–Crippen MR) is 54.5 cm³/mol. The van der Waals surface area contributed by atoms with Crippen molar-refractivity contribution in [2.24, 2.45) is 0 Å². The molecule has 1 aromatic heterocycles. The molecule has 0 aromatic carbocycles. The van der Waals surface area contributed by atoms with Crippen LogP contribution in [-0.4, -0.2) is 11.6 Å². The van der Waals surface area contributed by atoms with Gasteiger partial charge in [0, 0.05) is 29.0 Å². The van der Waals surface area contributed by atoms with Gasteiger partial charge in [-0.25, -0.2) is 0 Å². The molecule has 13 heavy (non-hydrogen) atoms. The van der Waals surface area contributed by atoms with Crippen LogP contribution in [0.5, 0.6) is 0 Å². The Balaban J connectivity index is 2.18. The second-order valence-corrected chi connectivity index (χ2v) is 4.11. The Labute approximate surface area is 86.5 Å². The van der Waals surface area contributed by atoms with E-state index in [-0.39, 0.29) is 6.10 Å². The van der Waals surface area contributed by atoms with Crippen molar-refractivity contribution in [1.29, 1.82) is 0 Å². The van der Waals surface area contributed by atoms with Gasteiger partial charge in [0.2, 0.25) is 0 Å². The molecule has 0 aliphatic carbocycles. The Morgan fingerprint density at radius 1 is 1.46 bits per heavy atom. The molecule has 0 spiro atoms. The zero-order chi connectivity index (χ0) is 9.10. The van der Waals surface area contributed by atoms with E-state index in [1.54, 1.807) is 6.20 Å². The number of ether oxygens (including phenoxy) is 1. The zero-order valence-corrected chi connectivity index (χ0v) is 8.96. The third-order valence-electron chi connectivity index (χ3n) is 2.32. The van der Waals surface area contributed by atoms with Gasteiger partial charge in [-0.2, -0.15) is 0 Å². The fourth-order valence-electron chi connectivity index (χ4n) is 1.61. The molecule has 2 rings (SSSR count).